The fourth-order valence-corrected chi connectivity index (χ4v) is 10.3. The Balaban J connectivity index is 0.774. The van der Waals surface area contributed by atoms with Crippen LogP contribution in [0.3, 0.4) is 0 Å². The van der Waals surface area contributed by atoms with Gasteiger partial charge in [-0.3, -0.25) is 0 Å². The molecule has 0 saturated carbocycles. The molecule has 0 N–H and O–H groups in total. The number of fused-ring (bicyclic) bond motifs is 5. The van der Waals surface area contributed by atoms with E-state index in [-0.39, 0.29) is 0 Å². The molecule has 0 spiro atoms. The Morgan fingerprint density at radius 2 is 0.638 bits per heavy atom. The lowest BCUT2D eigenvalue weighted by molar-refractivity contribution is 0.631. The molecule has 0 amide bonds. The lowest BCUT2D eigenvalue weighted by Gasteiger charge is -2.06. The van der Waals surface area contributed by atoms with Crippen LogP contribution in [0.4, 0.5) is 0 Å². The first kappa shape index (κ1) is 33.2. The zero-order valence-electron chi connectivity index (χ0n) is 31.1. The van der Waals surface area contributed by atoms with E-state index >= 15 is 0 Å². The van der Waals surface area contributed by atoms with Crippen LogP contribution in [0.2, 0.25) is 0 Å². The molecule has 0 aliphatic rings. The first-order chi connectivity index (χ1) is 28.7. The molecule has 4 heterocycles. The molecule has 8 aromatic carbocycles. The van der Waals surface area contributed by atoms with Gasteiger partial charge in [0.2, 0.25) is 0 Å². The van der Waals surface area contributed by atoms with E-state index in [2.05, 4.69) is 193 Å². The molecule has 4 heteroatoms. The Labute approximate surface area is 342 Å². The van der Waals surface area contributed by atoms with Crippen molar-refractivity contribution in [2.75, 3.05) is 0 Å². The Hall–Kier alpha value is -6.98. The highest BCUT2D eigenvalue weighted by Crippen LogP contribution is 2.39. The van der Waals surface area contributed by atoms with Crippen LogP contribution in [0.15, 0.2) is 202 Å². The second kappa shape index (κ2) is 13.3. The molecule has 12 aromatic rings. The van der Waals surface area contributed by atoms with Crippen molar-refractivity contribution < 1.29 is 8.83 Å². The van der Waals surface area contributed by atoms with Gasteiger partial charge in [-0.2, -0.15) is 0 Å². The van der Waals surface area contributed by atoms with E-state index in [0.29, 0.717) is 0 Å². The average molecular weight is 777 g/mol. The molecule has 58 heavy (non-hydrogen) atoms. The highest BCUT2D eigenvalue weighted by Gasteiger charge is 2.14. The van der Waals surface area contributed by atoms with Gasteiger partial charge in [0.25, 0.3) is 0 Å². The molecular formula is C54H32O2S2. The van der Waals surface area contributed by atoms with Crippen molar-refractivity contribution in [1.82, 2.24) is 0 Å². The van der Waals surface area contributed by atoms with Crippen molar-refractivity contribution in [3.63, 3.8) is 0 Å². The van der Waals surface area contributed by atoms with Gasteiger partial charge in [0.15, 0.2) is 0 Å². The molecule has 0 radical (unpaired) electrons. The van der Waals surface area contributed by atoms with Crippen molar-refractivity contribution in [2.45, 2.75) is 0 Å². The fourth-order valence-electron chi connectivity index (χ4n) is 8.35. The van der Waals surface area contributed by atoms with Crippen LogP contribution in [-0.2, 0) is 0 Å². The molecule has 0 atom stereocenters. The summed E-state index contributed by atoms with van der Waals surface area (Å²) in [4.78, 5) is 0. The first-order valence-corrected chi connectivity index (χ1v) is 21.2. The summed E-state index contributed by atoms with van der Waals surface area (Å²) in [5, 5.41) is 11.5. The summed E-state index contributed by atoms with van der Waals surface area (Å²) in [6, 6.07) is 65.3. The van der Waals surface area contributed by atoms with E-state index < -0.39 is 0 Å². The van der Waals surface area contributed by atoms with Gasteiger partial charge in [0, 0.05) is 53.2 Å². The maximum absolute atomic E-state index is 6.45. The van der Waals surface area contributed by atoms with Gasteiger partial charge in [0.05, 0.1) is 0 Å². The molecule has 0 bridgehead atoms. The number of benzene rings is 8. The van der Waals surface area contributed by atoms with Gasteiger partial charge in [-0.15, -0.1) is 22.7 Å². The minimum atomic E-state index is 0.859. The molecule has 0 fully saturated rings. The normalized spacial score (nSPS) is 11.8. The summed E-state index contributed by atoms with van der Waals surface area (Å²) in [5.41, 5.74) is 13.7. The summed E-state index contributed by atoms with van der Waals surface area (Å²) in [6.07, 6.45) is 0. The summed E-state index contributed by atoms with van der Waals surface area (Å²) < 4.78 is 15.5. The van der Waals surface area contributed by atoms with E-state index in [1.165, 1.54) is 64.7 Å². The minimum Gasteiger partial charge on any atom is -0.456 e. The third-order valence-electron chi connectivity index (χ3n) is 11.5. The molecule has 12 rings (SSSR count). The van der Waals surface area contributed by atoms with Crippen molar-refractivity contribution in [1.29, 1.82) is 0 Å². The monoisotopic (exact) mass is 776 g/mol. The van der Waals surface area contributed by atoms with Crippen molar-refractivity contribution >= 4 is 75.6 Å². The van der Waals surface area contributed by atoms with Crippen LogP contribution in [0, 0.1) is 0 Å². The second-order valence-corrected chi connectivity index (χ2v) is 16.8. The SMILES string of the molecule is c1ccc2c(-c3ccc(-c4ccc(-c5cc6cc7cc8oc(-c9ccc(-c%10ccc(-c%11csc%12ccccc%11%12)cc%10)cc9)cc8cc7cc6o5)cc4)cc3)csc2c1. The van der Waals surface area contributed by atoms with Crippen LogP contribution < -0.4 is 0 Å². The second-order valence-electron chi connectivity index (χ2n) is 14.9. The Morgan fingerprint density at radius 3 is 1.03 bits per heavy atom. The summed E-state index contributed by atoms with van der Waals surface area (Å²) in [6.45, 7) is 0. The Morgan fingerprint density at radius 1 is 0.293 bits per heavy atom. The van der Waals surface area contributed by atoms with Gasteiger partial charge >= 0.3 is 0 Å². The number of thiophene rings is 2. The third-order valence-corrected chi connectivity index (χ3v) is 13.4. The van der Waals surface area contributed by atoms with Crippen LogP contribution in [-0.4, -0.2) is 0 Å². The number of rotatable bonds is 6. The predicted molar refractivity (Wildman–Crippen MR) is 247 cm³/mol. The van der Waals surface area contributed by atoms with Crippen LogP contribution >= 0.6 is 22.7 Å². The van der Waals surface area contributed by atoms with E-state index in [9.17, 15) is 0 Å². The van der Waals surface area contributed by atoms with Gasteiger partial charge in [-0.1, -0.05) is 133 Å². The number of furan rings is 2. The summed E-state index contributed by atoms with van der Waals surface area (Å²) in [7, 11) is 0. The predicted octanol–water partition coefficient (Wildman–Crippen LogP) is 16.8. The molecule has 0 saturated heterocycles. The molecule has 2 nitrogen and oxygen atoms in total. The average Bonchev–Trinajstić information content (AvgIpc) is 4.10. The highest BCUT2D eigenvalue weighted by molar-refractivity contribution is 7.18. The molecule has 0 unspecified atom stereocenters. The molecule has 0 aliphatic heterocycles. The first-order valence-electron chi connectivity index (χ1n) is 19.4. The van der Waals surface area contributed by atoms with Gasteiger partial charge in [-0.05, 0) is 103 Å². The van der Waals surface area contributed by atoms with Crippen LogP contribution in [0.25, 0.3) is 120 Å². The minimum absolute atomic E-state index is 0.859. The molecular weight excluding hydrogens is 745 g/mol. The van der Waals surface area contributed by atoms with E-state index in [1.54, 1.807) is 22.7 Å². The van der Waals surface area contributed by atoms with E-state index in [4.69, 9.17) is 8.83 Å². The van der Waals surface area contributed by atoms with Gasteiger partial charge in [-0.25, -0.2) is 0 Å². The fraction of sp³-hybridized carbons (Fsp3) is 0. The zero-order chi connectivity index (χ0) is 38.2. The lowest BCUT2D eigenvalue weighted by atomic mass is 9.99. The molecule has 4 aromatic heterocycles. The lowest BCUT2D eigenvalue weighted by Crippen LogP contribution is -1.81. The maximum atomic E-state index is 6.45. The van der Waals surface area contributed by atoms with Crippen molar-refractivity contribution in [3.8, 4) is 67.2 Å². The van der Waals surface area contributed by atoms with Gasteiger partial charge < -0.3 is 8.83 Å². The highest BCUT2D eigenvalue weighted by atomic mass is 32.1. The summed E-state index contributed by atoms with van der Waals surface area (Å²) >= 11 is 3.60. The zero-order valence-corrected chi connectivity index (χ0v) is 32.7. The quantitative estimate of drug-likeness (QED) is 0.168. The topological polar surface area (TPSA) is 26.3 Å². The standard InChI is InChI=1S/C54H32O2S2/c1-3-7-53-45(5-1)47(31-57-53)37-17-9-33(10-18-37)35-13-21-39(22-14-35)49-29-43-25-41-28-52-44(26-42(41)27-51(43)55-49)30-50(56-52)40-23-15-36(16-24-40)34-11-19-38(20-12-34)48-32-58-54-8-4-2-6-46(48)54/h1-32H. The van der Waals surface area contributed by atoms with Crippen molar-refractivity contribution in [2.24, 2.45) is 0 Å². The summed E-state index contributed by atoms with van der Waals surface area (Å²) in [5.74, 6) is 1.72. The van der Waals surface area contributed by atoms with E-state index in [0.717, 1.165) is 55.4 Å². The Kier molecular flexibility index (Phi) is 7.62. The largest absolute Gasteiger partial charge is 0.456 e. The molecule has 0 aliphatic carbocycles. The van der Waals surface area contributed by atoms with Crippen LogP contribution in [0.1, 0.15) is 0 Å². The Bertz CT molecular complexity index is 3170. The maximum Gasteiger partial charge on any atom is 0.135 e. The number of hydrogen-bond acceptors (Lipinski definition) is 4. The van der Waals surface area contributed by atoms with E-state index in [1.807, 2.05) is 0 Å². The van der Waals surface area contributed by atoms with Gasteiger partial charge in [0.1, 0.15) is 22.7 Å². The third kappa shape index (κ3) is 5.68. The van der Waals surface area contributed by atoms with Crippen LogP contribution in [0.5, 0.6) is 0 Å². The number of hydrogen-bond donors (Lipinski definition) is 0. The van der Waals surface area contributed by atoms with Crippen molar-refractivity contribution in [3.05, 3.63) is 193 Å². The molecule has 272 valence electrons. The smallest absolute Gasteiger partial charge is 0.135 e.